The van der Waals surface area contributed by atoms with Crippen molar-refractivity contribution in [2.24, 2.45) is 5.92 Å². The fraction of sp³-hybridized carbons (Fsp3) is 0.481. The van der Waals surface area contributed by atoms with Crippen molar-refractivity contribution in [1.82, 2.24) is 5.32 Å². The molecule has 2 saturated heterocycles. The topological polar surface area (TPSA) is 92.3 Å². The molecule has 0 radical (unpaired) electrons. The Balaban J connectivity index is 1.55. The van der Waals surface area contributed by atoms with Gasteiger partial charge in [-0.3, -0.25) is 9.59 Å². The first-order valence-corrected chi connectivity index (χ1v) is 13.3. The van der Waals surface area contributed by atoms with E-state index in [2.05, 4.69) is 27.9 Å². The SMILES string of the molecule is COC(=O)C[C@@H]1[C@H](I)[C@@H]2O[C@@H]3O[C@H]2[C@@H](OCc2ccccc2)[C@@]1(NC(C)=O)[C@@H]3OCc1ccccc1. The number of benzene rings is 2. The van der Waals surface area contributed by atoms with Gasteiger partial charge < -0.3 is 29.0 Å². The van der Waals surface area contributed by atoms with E-state index in [0.29, 0.717) is 6.61 Å². The van der Waals surface area contributed by atoms with E-state index in [4.69, 9.17) is 23.7 Å². The quantitative estimate of drug-likeness (QED) is 0.266. The first kappa shape index (κ1) is 25.6. The lowest BCUT2D eigenvalue weighted by Gasteiger charge is -2.58. The zero-order valence-corrected chi connectivity index (χ0v) is 22.3. The lowest BCUT2D eigenvalue weighted by molar-refractivity contribution is -0.263. The first-order chi connectivity index (χ1) is 17.4. The predicted octanol–water partition coefficient (Wildman–Crippen LogP) is 3.15. The third-order valence-electron chi connectivity index (χ3n) is 7.26. The highest BCUT2D eigenvalue weighted by atomic mass is 127. The number of methoxy groups -OCH3 is 1. The second-order valence-corrected chi connectivity index (χ2v) is 10.9. The van der Waals surface area contributed by atoms with Crippen molar-refractivity contribution in [3.05, 3.63) is 71.8 Å². The largest absolute Gasteiger partial charge is 0.469 e. The van der Waals surface area contributed by atoms with E-state index in [-0.39, 0.29) is 40.9 Å². The number of hydrogen-bond acceptors (Lipinski definition) is 7. The monoisotopic (exact) mass is 607 g/mol. The van der Waals surface area contributed by atoms with E-state index in [1.807, 2.05) is 60.7 Å². The summed E-state index contributed by atoms with van der Waals surface area (Å²) < 4.78 is 30.7. The van der Waals surface area contributed by atoms with Gasteiger partial charge in [0, 0.05) is 16.8 Å². The molecule has 8 nitrogen and oxygen atoms in total. The number of hydrogen-bond donors (Lipinski definition) is 1. The van der Waals surface area contributed by atoms with E-state index in [1.54, 1.807) is 0 Å². The number of nitrogens with one attached hydrogen (secondary N) is 1. The molecule has 5 rings (SSSR count). The Morgan fingerprint density at radius 3 is 2.03 bits per heavy atom. The van der Waals surface area contributed by atoms with Crippen molar-refractivity contribution in [2.45, 2.75) is 66.7 Å². The summed E-state index contributed by atoms with van der Waals surface area (Å²) in [5.41, 5.74) is 0.892. The van der Waals surface area contributed by atoms with Gasteiger partial charge in [0.2, 0.25) is 5.91 Å². The van der Waals surface area contributed by atoms with Crippen LogP contribution in [0, 0.1) is 5.92 Å². The predicted molar refractivity (Wildman–Crippen MR) is 138 cm³/mol. The van der Waals surface area contributed by atoms with E-state index in [0.717, 1.165) is 11.1 Å². The Kier molecular flexibility index (Phi) is 7.64. The molecule has 0 unspecified atom stereocenters. The van der Waals surface area contributed by atoms with Crippen LogP contribution in [0.25, 0.3) is 0 Å². The maximum absolute atomic E-state index is 12.8. The minimum atomic E-state index is -1.07. The zero-order valence-electron chi connectivity index (χ0n) is 20.2. The smallest absolute Gasteiger partial charge is 0.305 e. The number of esters is 1. The van der Waals surface area contributed by atoms with Crippen molar-refractivity contribution >= 4 is 34.5 Å². The summed E-state index contributed by atoms with van der Waals surface area (Å²) in [5, 5.41) is 3.20. The van der Waals surface area contributed by atoms with Crippen LogP contribution in [0.15, 0.2) is 60.7 Å². The minimum absolute atomic E-state index is 0.0834. The molecule has 1 aliphatic carbocycles. The molecular weight excluding hydrogens is 577 g/mol. The van der Waals surface area contributed by atoms with Crippen LogP contribution in [0.5, 0.6) is 0 Å². The van der Waals surface area contributed by atoms with Crippen LogP contribution in [-0.4, -0.2) is 59.2 Å². The van der Waals surface area contributed by atoms with Gasteiger partial charge in [-0.15, -0.1) is 0 Å². The molecule has 3 bridgehead atoms. The number of alkyl halides is 1. The molecule has 3 aliphatic rings. The average molecular weight is 607 g/mol. The zero-order chi connectivity index (χ0) is 25.3. The highest BCUT2D eigenvalue weighted by Gasteiger charge is 2.73. The third kappa shape index (κ3) is 4.67. The van der Waals surface area contributed by atoms with Crippen molar-refractivity contribution in [3.63, 3.8) is 0 Å². The van der Waals surface area contributed by atoms with Gasteiger partial charge in [0.05, 0.1) is 26.7 Å². The molecule has 2 aromatic carbocycles. The molecule has 1 saturated carbocycles. The molecule has 2 heterocycles. The summed E-state index contributed by atoms with van der Waals surface area (Å²) in [6.45, 7) is 2.07. The van der Waals surface area contributed by atoms with E-state index < -0.39 is 30.1 Å². The molecule has 3 fully saturated rings. The van der Waals surface area contributed by atoms with E-state index in [1.165, 1.54) is 14.0 Å². The number of carbonyl (C=O) groups excluding carboxylic acids is 2. The molecule has 1 amide bonds. The molecule has 1 N–H and O–H groups in total. The van der Waals surface area contributed by atoms with Gasteiger partial charge in [-0.1, -0.05) is 83.3 Å². The molecular formula is C27H30INO7. The van der Waals surface area contributed by atoms with Crippen molar-refractivity contribution < 1.29 is 33.3 Å². The summed E-state index contributed by atoms with van der Waals surface area (Å²) in [4.78, 5) is 25.4. The van der Waals surface area contributed by atoms with E-state index in [9.17, 15) is 9.59 Å². The Hall–Kier alpha value is -2.05. The molecule has 0 spiro atoms. The number of fused-ring (bicyclic) bond motifs is 2. The van der Waals surface area contributed by atoms with Gasteiger partial charge in [0.25, 0.3) is 0 Å². The van der Waals surface area contributed by atoms with Crippen molar-refractivity contribution in [3.8, 4) is 0 Å². The molecule has 36 heavy (non-hydrogen) atoms. The van der Waals surface area contributed by atoms with Crippen LogP contribution >= 0.6 is 22.6 Å². The van der Waals surface area contributed by atoms with Gasteiger partial charge >= 0.3 is 5.97 Å². The highest BCUT2D eigenvalue weighted by Crippen LogP contribution is 2.55. The Morgan fingerprint density at radius 2 is 1.47 bits per heavy atom. The first-order valence-electron chi connectivity index (χ1n) is 12.1. The summed E-state index contributed by atoms with van der Waals surface area (Å²) in [7, 11) is 1.37. The molecule has 0 aromatic heterocycles. The summed E-state index contributed by atoms with van der Waals surface area (Å²) >= 11 is 2.31. The molecule has 8 atom stereocenters. The molecule has 9 heteroatoms. The Labute approximate surface area is 224 Å². The summed E-state index contributed by atoms with van der Waals surface area (Å²) in [5.74, 6) is -0.974. The van der Waals surface area contributed by atoms with Crippen LogP contribution in [-0.2, 0) is 46.5 Å². The van der Waals surface area contributed by atoms with Crippen LogP contribution in [0.2, 0.25) is 0 Å². The van der Waals surface area contributed by atoms with Gasteiger partial charge in [0.15, 0.2) is 6.29 Å². The van der Waals surface area contributed by atoms with Crippen molar-refractivity contribution in [1.29, 1.82) is 0 Å². The maximum Gasteiger partial charge on any atom is 0.305 e. The Morgan fingerprint density at radius 1 is 0.917 bits per heavy atom. The molecule has 192 valence electrons. The number of halogens is 1. The standard InChI is InChI=1S/C27H30INO7/c1-16(30)29-27-19(13-20(31)32-2)21(28)22-23(24(27)33-14-17-9-5-3-6-10-17)36-26(35-22)25(27)34-15-18-11-7-4-8-12-18/h3-12,19,21-26H,13-15H2,1-2H3,(H,29,30)/t19-,21+,22+,23-,24-,25-,26-,27-/m1/s1. The number of ether oxygens (including phenoxy) is 5. The fourth-order valence-electron chi connectivity index (χ4n) is 5.77. The fourth-order valence-corrected chi connectivity index (χ4v) is 7.19. The van der Waals surface area contributed by atoms with Crippen LogP contribution in [0.1, 0.15) is 24.5 Å². The van der Waals surface area contributed by atoms with Crippen molar-refractivity contribution in [2.75, 3.05) is 7.11 Å². The van der Waals surface area contributed by atoms with Crippen LogP contribution in [0.4, 0.5) is 0 Å². The number of amides is 1. The van der Waals surface area contributed by atoms with Crippen LogP contribution in [0.3, 0.4) is 0 Å². The normalized spacial score (nSPS) is 34.4. The summed E-state index contributed by atoms with van der Waals surface area (Å²) in [6, 6.07) is 19.6. The number of rotatable bonds is 9. The van der Waals surface area contributed by atoms with Gasteiger partial charge in [-0.2, -0.15) is 0 Å². The van der Waals surface area contributed by atoms with E-state index >= 15 is 0 Å². The number of carbonyl (C=O) groups is 2. The van der Waals surface area contributed by atoms with Gasteiger partial charge in [0.1, 0.15) is 30.0 Å². The molecule has 2 aliphatic heterocycles. The third-order valence-corrected chi connectivity index (χ3v) is 8.83. The second kappa shape index (κ2) is 10.7. The second-order valence-electron chi connectivity index (χ2n) is 9.45. The lowest BCUT2D eigenvalue weighted by Crippen LogP contribution is -2.79. The average Bonchev–Trinajstić information content (AvgIpc) is 3.25. The highest BCUT2D eigenvalue weighted by molar-refractivity contribution is 14.1. The minimum Gasteiger partial charge on any atom is -0.469 e. The van der Waals surface area contributed by atoms with Gasteiger partial charge in [-0.05, 0) is 11.1 Å². The van der Waals surface area contributed by atoms with Crippen LogP contribution < -0.4 is 5.32 Å². The Bertz CT molecular complexity index is 1020. The van der Waals surface area contributed by atoms with Gasteiger partial charge in [-0.25, -0.2) is 0 Å². The summed E-state index contributed by atoms with van der Waals surface area (Å²) in [6.07, 6.45) is -2.67. The lowest BCUT2D eigenvalue weighted by atomic mass is 9.63. The molecule has 2 aromatic rings. The maximum atomic E-state index is 12.8.